The second kappa shape index (κ2) is 7.66. The van der Waals surface area contributed by atoms with Crippen molar-refractivity contribution in [1.82, 2.24) is 10.2 Å². The molecule has 0 bridgehead atoms. The molecule has 6 nitrogen and oxygen atoms in total. The molecule has 0 spiro atoms. The minimum atomic E-state index is -0.609. The van der Waals surface area contributed by atoms with Crippen LogP contribution in [0.4, 0.5) is 10.1 Å². The predicted octanol–water partition coefficient (Wildman–Crippen LogP) is 2.40. The molecule has 1 atom stereocenters. The molecule has 0 radical (unpaired) electrons. The van der Waals surface area contributed by atoms with Gasteiger partial charge in [-0.1, -0.05) is 29.8 Å². The van der Waals surface area contributed by atoms with Gasteiger partial charge in [-0.3, -0.25) is 14.4 Å². The summed E-state index contributed by atoms with van der Waals surface area (Å²) in [5.41, 5.74) is 2.43. The summed E-state index contributed by atoms with van der Waals surface area (Å²) in [5.74, 6) is -1.56. The standard InChI is InChI=1S/C22H22FN3O3/c1-14-4-2-5-15(10-14)12-24-20(27)13-26-19-11-16(23)7-8-17(19)21(28)25-9-3-6-18(25)22(26)29/h2,4-5,7-8,10-11,18H,3,6,9,12-13H2,1H3,(H,24,27)/t18-/m0/s1. The number of rotatable bonds is 4. The average molecular weight is 395 g/mol. The van der Waals surface area contributed by atoms with E-state index in [1.165, 1.54) is 21.9 Å². The number of carbonyl (C=O) groups is 3. The van der Waals surface area contributed by atoms with E-state index in [4.69, 9.17) is 0 Å². The summed E-state index contributed by atoms with van der Waals surface area (Å²) in [4.78, 5) is 41.4. The Balaban J connectivity index is 1.58. The third-order valence-electron chi connectivity index (χ3n) is 5.42. The van der Waals surface area contributed by atoms with Crippen LogP contribution in [0.5, 0.6) is 0 Å². The molecule has 1 fully saturated rings. The molecule has 2 aliphatic rings. The van der Waals surface area contributed by atoms with Gasteiger partial charge in [0.2, 0.25) is 11.8 Å². The van der Waals surface area contributed by atoms with E-state index in [0.29, 0.717) is 19.5 Å². The molecule has 3 amide bonds. The van der Waals surface area contributed by atoms with Gasteiger partial charge in [0.15, 0.2) is 0 Å². The van der Waals surface area contributed by atoms with Crippen LogP contribution in [0.15, 0.2) is 42.5 Å². The van der Waals surface area contributed by atoms with E-state index in [-0.39, 0.29) is 35.5 Å². The quantitative estimate of drug-likeness (QED) is 0.864. The Morgan fingerprint density at radius 3 is 2.83 bits per heavy atom. The number of aryl methyl sites for hydroxylation is 1. The molecule has 7 heteroatoms. The van der Waals surface area contributed by atoms with Gasteiger partial charge < -0.3 is 15.1 Å². The van der Waals surface area contributed by atoms with Crippen LogP contribution in [-0.4, -0.2) is 41.8 Å². The van der Waals surface area contributed by atoms with Crippen LogP contribution < -0.4 is 10.2 Å². The average Bonchev–Trinajstić information content (AvgIpc) is 3.17. The van der Waals surface area contributed by atoms with Gasteiger partial charge in [-0.05, 0) is 43.5 Å². The van der Waals surface area contributed by atoms with Crippen molar-refractivity contribution in [2.75, 3.05) is 18.0 Å². The molecule has 2 aromatic carbocycles. The molecule has 4 rings (SSSR count). The van der Waals surface area contributed by atoms with Crippen LogP contribution in [0.25, 0.3) is 0 Å². The van der Waals surface area contributed by atoms with E-state index < -0.39 is 11.9 Å². The lowest BCUT2D eigenvalue weighted by Crippen LogP contribution is -2.48. The van der Waals surface area contributed by atoms with E-state index in [0.717, 1.165) is 23.6 Å². The van der Waals surface area contributed by atoms with Crippen LogP contribution >= 0.6 is 0 Å². The number of carbonyl (C=O) groups excluding carboxylic acids is 3. The van der Waals surface area contributed by atoms with Crippen LogP contribution in [0.3, 0.4) is 0 Å². The molecule has 0 aliphatic carbocycles. The van der Waals surface area contributed by atoms with E-state index in [2.05, 4.69) is 5.32 Å². The number of hydrogen-bond acceptors (Lipinski definition) is 3. The van der Waals surface area contributed by atoms with Crippen molar-refractivity contribution in [1.29, 1.82) is 0 Å². The normalized spacial score (nSPS) is 18.3. The molecular weight excluding hydrogens is 373 g/mol. The molecule has 1 N–H and O–H groups in total. The van der Waals surface area contributed by atoms with Crippen molar-refractivity contribution in [3.63, 3.8) is 0 Å². The molecule has 1 saturated heterocycles. The predicted molar refractivity (Wildman–Crippen MR) is 106 cm³/mol. The van der Waals surface area contributed by atoms with Crippen LogP contribution in [0, 0.1) is 12.7 Å². The van der Waals surface area contributed by atoms with Crippen molar-refractivity contribution in [3.8, 4) is 0 Å². The molecule has 150 valence electrons. The fourth-order valence-electron chi connectivity index (χ4n) is 4.01. The summed E-state index contributed by atoms with van der Waals surface area (Å²) in [6.45, 7) is 2.52. The SMILES string of the molecule is Cc1cccc(CNC(=O)CN2C(=O)[C@@H]3CCCN3C(=O)c3ccc(F)cc32)c1. The van der Waals surface area contributed by atoms with Gasteiger partial charge in [-0.15, -0.1) is 0 Å². The van der Waals surface area contributed by atoms with E-state index in [1.54, 1.807) is 0 Å². The fraction of sp³-hybridized carbons (Fsp3) is 0.318. The minimum absolute atomic E-state index is 0.153. The molecule has 2 aliphatic heterocycles. The Kier molecular flexibility index (Phi) is 5.05. The molecule has 29 heavy (non-hydrogen) atoms. The van der Waals surface area contributed by atoms with Gasteiger partial charge >= 0.3 is 0 Å². The summed E-state index contributed by atoms with van der Waals surface area (Å²) >= 11 is 0. The largest absolute Gasteiger partial charge is 0.350 e. The zero-order chi connectivity index (χ0) is 20.5. The zero-order valence-corrected chi connectivity index (χ0v) is 16.2. The third-order valence-corrected chi connectivity index (χ3v) is 5.42. The monoisotopic (exact) mass is 395 g/mol. The summed E-state index contributed by atoms with van der Waals surface area (Å²) < 4.78 is 13.9. The first-order chi connectivity index (χ1) is 13.9. The van der Waals surface area contributed by atoms with Crippen molar-refractivity contribution >= 4 is 23.4 Å². The first-order valence-electron chi connectivity index (χ1n) is 9.68. The second-order valence-electron chi connectivity index (χ2n) is 7.51. The summed E-state index contributed by atoms with van der Waals surface area (Å²) in [5, 5.41) is 2.81. The number of halogens is 1. The number of anilines is 1. The Morgan fingerprint density at radius 2 is 2.03 bits per heavy atom. The van der Waals surface area contributed by atoms with Crippen LogP contribution in [0.1, 0.15) is 34.3 Å². The topological polar surface area (TPSA) is 69.7 Å². The Morgan fingerprint density at radius 1 is 1.21 bits per heavy atom. The lowest BCUT2D eigenvalue weighted by Gasteiger charge is -2.25. The third kappa shape index (κ3) is 3.72. The lowest BCUT2D eigenvalue weighted by atomic mass is 10.1. The highest BCUT2D eigenvalue weighted by molar-refractivity contribution is 6.12. The number of amides is 3. The number of fused-ring (bicyclic) bond motifs is 2. The highest BCUT2D eigenvalue weighted by Crippen LogP contribution is 2.32. The maximum Gasteiger partial charge on any atom is 0.256 e. The van der Waals surface area contributed by atoms with Gasteiger partial charge in [0.1, 0.15) is 18.4 Å². The van der Waals surface area contributed by atoms with Crippen molar-refractivity contribution in [3.05, 3.63) is 65.0 Å². The number of benzene rings is 2. The summed E-state index contributed by atoms with van der Waals surface area (Å²) in [6.07, 6.45) is 1.27. The van der Waals surface area contributed by atoms with Crippen molar-refractivity contribution in [2.45, 2.75) is 32.4 Å². The molecule has 2 heterocycles. The minimum Gasteiger partial charge on any atom is -0.350 e. The maximum absolute atomic E-state index is 13.9. The van der Waals surface area contributed by atoms with Gasteiger partial charge in [0.05, 0.1) is 11.3 Å². The second-order valence-corrected chi connectivity index (χ2v) is 7.51. The number of hydrogen-bond donors (Lipinski definition) is 1. The fourth-order valence-corrected chi connectivity index (χ4v) is 4.01. The highest BCUT2D eigenvalue weighted by atomic mass is 19.1. The van der Waals surface area contributed by atoms with E-state index in [9.17, 15) is 18.8 Å². The van der Waals surface area contributed by atoms with Gasteiger partial charge in [-0.2, -0.15) is 0 Å². The molecule has 0 aromatic heterocycles. The number of nitrogens with one attached hydrogen (secondary N) is 1. The first-order valence-corrected chi connectivity index (χ1v) is 9.68. The lowest BCUT2D eigenvalue weighted by molar-refractivity contribution is -0.125. The number of nitrogens with zero attached hydrogens (tertiary/aromatic N) is 2. The zero-order valence-electron chi connectivity index (χ0n) is 16.2. The van der Waals surface area contributed by atoms with Gasteiger partial charge in [0, 0.05) is 13.1 Å². The highest BCUT2D eigenvalue weighted by Gasteiger charge is 2.42. The van der Waals surface area contributed by atoms with Gasteiger partial charge in [-0.25, -0.2) is 4.39 Å². The molecule has 0 saturated carbocycles. The summed E-state index contributed by atoms with van der Waals surface area (Å²) in [6, 6.07) is 10.9. The molecule has 0 unspecified atom stereocenters. The summed E-state index contributed by atoms with van der Waals surface area (Å²) in [7, 11) is 0. The Bertz CT molecular complexity index is 991. The molecule has 2 aromatic rings. The van der Waals surface area contributed by atoms with Crippen LogP contribution in [-0.2, 0) is 16.1 Å². The Labute approximate surface area is 168 Å². The Hall–Kier alpha value is -3.22. The van der Waals surface area contributed by atoms with Crippen LogP contribution in [0.2, 0.25) is 0 Å². The van der Waals surface area contributed by atoms with E-state index in [1.807, 2.05) is 31.2 Å². The van der Waals surface area contributed by atoms with Crippen molar-refractivity contribution in [2.24, 2.45) is 0 Å². The van der Waals surface area contributed by atoms with Crippen molar-refractivity contribution < 1.29 is 18.8 Å². The maximum atomic E-state index is 13.9. The van der Waals surface area contributed by atoms with Gasteiger partial charge in [0.25, 0.3) is 5.91 Å². The first kappa shape index (κ1) is 19.1. The van der Waals surface area contributed by atoms with E-state index >= 15 is 0 Å². The molecular formula is C22H22FN3O3. The smallest absolute Gasteiger partial charge is 0.256 e.